The number of hydrogen-bond acceptors (Lipinski definition) is 1. The monoisotopic (exact) mass is 197 g/mol. The highest BCUT2D eigenvalue weighted by atomic mass is 14.6. The smallest absolute Gasteiger partial charge is 0.00363 e. The van der Waals surface area contributed by atoms with Crippen LogP contribution in [0.25, 0.3) is 0 Å². The molecule has 0 aromatic heterocycles. The lowest BCUT2D eigenvalue weighted by Gasteiger charge is -2.34. The van der Waals surface area contributed by atoms with Gasteiger partial charge in [-0.3, -0.25) is 0 Å². The Kier molecular flexibility index (Phi) is 4.94. The van der Waals surface area contributed by atoms with Crippen molar-refractivity contribution in [3.63, 3.8) is 0 Å². The van der Waals surface area contributed by atoms with Crippen molar-refractivity contribution in [2.45, 2.75) is 65.3 Å². The van der Waals surface area contributed by atoms with Crippen LogP contribution in [-0.4, -0.2) is 6.04 Å². The molecule has 1 heteroatoms. The Balaban J connectivity index is 2.28. The summed E-state index contributed by atoms with van der Waals surface area (Å²) < 4.78 is 0. The van der Waals surface area contributed by atoms with Gasteiger partial charge < -0.3 is 5.73 Å². The van der Waals surface area contributed by atoms with E-state index in [2.05, 4.69) is 20.8 Å². The summed E-state index contributed by atoms with van der Waals surface area (Å²) in [6, 6.07) is 0.444. The third-order valence-electron chi connectivity index (χ3n) is 4.31. The summed E-state index contributed by atoms with van der Waals surface area (Å²) in [5.74, 6) is 2.82. The van der Waals surface area contributed by atoms with E-state index < -0.39 is 0 Å². The molecule has 0 aromatic rings. The Morgan fingerprint density at radius 1 is 1.29 bits per heavy atom. The topological polar surface area (TPSA) is 26.0 Å². The van der Waals surface area contributed by atoms with E-state index in [1.54, 1.807) is 0 Å². The maximum atomic E-state index is 5.97. The van der Waals surface area contributed by atoms with Gasteiger partial charge in [0.05, 0.1) is 0 Å². The van der Waals surface area contributed by atoms with E-state index in [1.807, 2.05) is 0 Å². The third-order valence-corrected chi connectivity index (χ3v) is 4.31. The molecule has 0 bridgehead atoms. The van der Waals surface area contributed by atoms with Gasteiger partial charge in [-0.25, -0.2) is 0 Å². The predicted octanol–water partition coefficient (Wildman–Crippen LogP) is 3.58. The molecule has 1 aliphatic rings. The molecule has 0 amide bonds. The van der Waals surface area contributed by atoms with Crippen LogP contribution in [0.1, 0.15) is 59.3 Å². The molecule has 1 rings (SSSR count). The maximum Gasteiger partial charge on any atom is 0.00363 e. The van der Waals surface area contributed by atoms with Gasteiger partial charge in [0.25, 0.3) is 0 Å². The number of nitrogens with two attached hydrogens (primary N) is 1. The standard InChI is InChI=1S/C13H27N/c1-4-13(14)9-8-12-7-5-6-10(2)11(12)3/h10-13H,4-9,14H2,1-3H3. The fraction of sp³-hybridized carbons (Fsp3) is 1.00. The summed E-state index contributed by atoms with van der Waals surface area (Å²) in [5.41, 5.74) is 5.97. The Morgan fingerprint density at radius 3 is 2.64 bits per heavy atom. The van der Waals surface area contributed by atoms with Crippen molar-refractivity contribution in [2.75, 3.05) is 0 Å². The molecule has 1 saturated carbocycles. The van der Waals surface area contributed by atoms with Crippen molar-refractivity contribution in [3.05, 3.63) is 0 Å². The molecule has 84 valence electrons. The Labute approximate surface area is 89.5 Å². The van der Waals surface area contributed by atoms with Crippen molar-refractivity contribution in [1.29, 1.82) is 0 Å². The van der Waals surface area contributed by atoms with Gasteiger partial charge in [0.15, 0.2) is 0 Å². The van der Waals surface area contributed by atoms with Crippen molar-refractivity contribution < 1.29 is 0 Å². The summed E-state index contributed by atoms with van der Waals surface area (Å²) in [5, 5.41) is 0. The average Bonchev–Trinajstić information content (AvgIpc) is 2.20. The molecule has 0 spiro atoms. The molecule has 14 heavy (non-hydrogen) atoms. The molecular weight excluding hydrogens is 170 g/mol. The third kappa shape index (κ3) is 3.27. The van der Waals surface area contributed by atoms with Crippen LogP contribution in [0.5, 0.6) is 0 Å². The first-order chi connectivity index (χ1) is 6.65. The zero-order chi connectivity index (χ0) is 10.6. The van der Waals surface area contributed by atoms with E-state index >= 15 is 0 Å². The fourth-order valence-corrected chi connectivity index (χ4v) is 2.73. The van der Waals surface area contributed by atoms with Gasteiger partial charge in [0.2, 0.25) is 0 Å². The number of hydrogen-bond donors (Lipinski definition) is 1. The normalized spacial score (nSPS) is 35.6. The second-order valence-electron chi connectivity index (χ2n) is 5.27. The second kappa shape index (κ2) is 5.75. The van der Waals surface area contributed by atoms with E-state index in [1.165, 1.54) is 32.1 Å². The molecule has 0 aliphatic heterocycles. The zero-order valence-corrected chi connectivity index (χ0v) is 10.1. The molecule has 1 nitrogen and oxygen atoms in total. The van der Waals surface area contributed by atoms with E-state index in [0.29, 0.717) is 6.04 Å². The number of rotatable bonds is 4. The Hall–Kier alpha value is -0.0400. The van der Waals surface area contributed by atoms with Crippen molar-refractivity contribution in [2.24, 2.45) is 23.5 Å². The van der Waals surface area contributed by atoms with Gasteiger partial charge in [0, 0.05) is 6.04 Å². The van der Waals surface area contributed by atoms with Crippen molar-refractivity contribution >= 4 is 0 Å². The van der Waals surface area contributed by atoms with Gasteiger partial charge in [-0.2, -0.15) is 0 Å². The highest BCUT2D eigenvalue weighted by Crippen LogP contribution is 2.36. The first-order valence-electron chi connectivity index (χ1n) is 6.40. The summed E-state index contributed by atoms with van der Waals surface area (Å²) >= 11 is 0. The van der Waals surface area contributed by atoms with Crippen LogP contribution in [0.2, 0.25) is 0 Å². The van der Waals surface area contributed by atoms with Crippen LogP contribution in [0.4, 0.5) is 0 Å². The lowest BCUT2D eigenvalue weighted by atomic mass is 9.72. The zero-order valence-electron chi connectivity index (χ0n) is 10.1. The van der Waals surface area contributed by atoms with Crippen LogP contribution < -0.4 is 5.73 Å². The van der Waals surface area contributed by atoms with Gasteiger partial charge in [0.1, 0.15) is 0 Å². The van der Waals surface area contributed by atoms with E-state index in [0.717, 1.165) is 24.2 Å². The van der Waals surface area contributed by atoms with E-state index in [9.17, 15) is 0 Å². The van der Waals surface area contributed by atoms with E-state index in [-0.39, 0.29) is 0 Å². The van der Waals surface area contributed by atoms with Crippen LogP contribution >= 0.6 is 0 Å². The lowest BCUT2D eigenvalue weighted by Crippen LogP contribution is -2.27. The minimum Gasteiger partial charge on any atom is -0.328 e. The molecule has 0 aromatic carbocycles. The summed E-state index contributed by atoms with van der Waals surface area (Å²) in [6.45, 7) is 7.04. The highest BCUT2D eigenvalue weighted by Gasteiger charge is 2.26. The maximum absolute atomic E-state index is 5.97. The molecule has 1 aliphatic carbocycles. The van der Waals surface area contributed by atoms with Gasteiger partial charge in [-0.15, -0.1) is 0 Å². The quantitative estimate of drug-likeness (QED) is 0.732. The molecule has 1 fully saturated rings. The summed E-state index contributed by atoms with van der Waals surface area (Å²) in [4.78, 5) is 0. The van der Waals surface area contributed by atoms with Gasteiger partial charge in [-0.05, 0) is 37.0 Å². The molecule has 0 radical (unpaired) electrons. The Bertz CT molecular complexity index is 155. The van der Waals surface area contributed by atoms with Crippen LogP contribution in [0.3, 0.4) is 0 Å². The predicted molar refractivity (Wildman–Crippen MR) is 63.2 cm³/mol. The van der Waals surface area contributed by atoms with Crippen LogP contribution in [0.15, 0.2) is 0 Å². The van der Waals surface area contributed by atoms with Crippen molar-refractivity contribution in [1.82, 2.24) is 0 Å². The van der Waals surface area contributed by atoms with E-state index in [4.69, 9.17) is 5.73 Å². The summed E-state index contributed by atoms with van der Waals surface area (Å²) in [6.07, 6.45) is 8.06. The molecule has 0 heterocycles. The SMILES string of the molecule is CCC(N)CCC1CCCC(C)C1C. The first-order valence-corrected chi connectivity index (χ1v) is 6.40. The first kappa shape index (κ1) is 12.0. The van der Waals surface area contributed by atoms with Gasteiger partial charge in [-0.1, -0.05) is 40.0 Å². The molecule has 4 unspecified atom stereocenters. The molecule has 4 atom stereocenters. The molecule has 2 N–H and O–H groups in total. The second-order valence-corrected chi connectivity index (χ2v) is 5.27. The van der Waals surface area contributed by atoms with Crippen LogP contribution in [-0.2, 0) is 0 Å². The average molecular weight is 197 g/mol. The largest absolute Gasteiger partial charge is 0.328 e. The minimum absolute atomic E-state index is 0.444. The highest BCUT2D eigenvalue weighted by molar-refractivity contribution is 4.78. The van der Waals surface area contributed by atoms with Crippen molar-refractivity contribution in [3.8, 4) is 0 Å². The van der Waals surface area contributed by atoms with Gasteiger partial charge >= 0.3 is 0 Å². The van der Waals surface area contributed by atoms with Crippen LogP contribution in [0, 0.1) is 17.8 Å². The summed E-state index contributed by atoms with van der Waals surface area (Å²) in [7, 11) is 0. The minimum atomic E-state index is 0.444. The molecular formula is C13H27N. The fourth-order valence-electron chi connectivity index (χ4n) is 2.73. The Morgan fingerprint density at radius 2 is 2.00 bits per heavy atom. The lowest BCUT2D eigenvalue weighted by molar-refractivity contribution is 0.167. The molecule has 0 saturated heterocycles.